The van der Waals surface area contributed by atoms with Crippen molar-refractivity contribution >= 4 is 5.91 Å². The van der Waals surface area contributed by atoms with Gasteiger partial charge in [0.2, 0.25) is 5.91 Å². The van der Waals surface area contributed by atoms with E-state index in [2.05, 4.69) is 22.5 Å². The molecule has 3 aromatic rings. The molecule has 1 fully saturated rings. The number of carbonyl (C=O) groups is 1. The van der Waals surface area contributed by atoms with E-state index in [0.717, 1.165) is 25.0 Å². The third-order valence-electron chi connectivity index (χ3n) is 5.16. The summed E-state index contributed by atoms with van der Waals surface area (Å²) in [5, 5.41) is 17.9. The monoisotopic (exact) mass is 391 g/mol. The molecular formula is C23H25N3O3. The number of aromatic hydroxyl groups is 1. The molecule has 0 unspecified atom stereocenters. The molecule has 0 spiro atoms. The second-order valence-electron chi connectivity index (χ2n) is 7.35. The maximum Gasteiger partial charge on any atom is 0.241 e. The number of ether oxygens (including phenoxy) is 1. The lowest BCUT2D eigenvalue weighted by Crippen LogP contribution is -2.30. The van der Waals surface area contributed by atoms with E-state index < -0.39 is 0 Å². The van der Waals surface area contributed by atoms with Gasteiger partial charge in [-0.05, 0) is 49.1 Å². The van der Waals surface area contributed by atoms with Gasteiger partial charge in [-0.2, -0.15) is 5.10 Å². The van der Waals surface area contributed by atoms with E-state index in [0.29, 0.717) is 29.5 Å². The molecule has 0 saturated heterocycles. The average Bonchev–Trinajstić information content (AvgIpc) is 3.50. The zero-order valence-corrected chi connectivity index (χ0v) is 16.5. The van der Waals surface area contributed by atoms with Crippen molar-refractivity contribution in [2.24, 2.45) is 0 Å². The van der Waals surface area contributed by atoms with Crippen molar-refractivity contribution in [1.29, 1.82) is 0 Å². The van der Waals surface area contributed by atoms with Gasteiger partial charge in [-0.1, -0.05) is 30.3 Å². The van der Waals surface area contributed by atoms with Gasteiger partial charge in [-0.25, -0.2) is 0 Å². The number of hydrogen-bond acceptors (Lipinski definition) is 4. The first-order valence-corrected chi connectivity index (χ1v) is 9.90. The number of rotatable bonds is 8. The summed E-state index contributed by atoms with van der Waals surface area (Å²) in [5.41, 5.74) is 3.50. The Morgan fingerprint density at radius 2 is 2.00 bits per heavy atom. The minimum atomic E-state index is -0.0626. The molecular weight excluding hydrogens is 366 g/mol. The number of nitrogens with zero attached hydrogens (tertiary/aromatic N) is 2. The molecule has 1 aromatic heterocycles. The van der Waals surface area contributed by atoms with Gasteiger partial charge in [0, 0.05) is 23.7 Å². The van der Waals surface area contributed by atoms with Crippen LogP contribution in [0.2, 0.25) is 0 Å². The third-order valence-corrected chi connectivity index (χ3v) is 5.16. The number of benzene rings is 2. The number of hydrogen-bond donors (Lipinski definition) is 2. The molecule has 6 nitrogen and oxygen atoms in total. The Balaban J connectivity index is 1.46. The highest BCUT2D eigenvalue weighted by Crippen LogP contribution is 2.42. The lowest BCUT2D eigenvalue weighted by molar-refractivity contribution is -0.121. The zero-order valence-electron chi connectivity index (χ0n) is 16.5. The number of methoxy groups -OCH3 is 1. The van der Waals surface area contributed by atoms with Crippen molar-refractivity contribution in [3.8, 4) is 22.8 Å². The lowest BCUT2D eigenvalue weighted by Gasteiger charge is -2.08. The fourth-order valence-electron chi connectivity index (χ4n) is 3.43. The SMILES string of the molecule is COc1ccc(O)c(-c2cc(C3CC3)n(CC(=O)NCCc3ccccc3)n2)c1. The smallest absolute Gasteiger partial charge is 0.241 e. The lowest BCUT2D eigenvalue weighted by atomic mass is 10.1. The summed E-state index contributed by atoms with van der Waals surface area (Å²) in [6.07, 6.45) is 3.00. The molecule has 4 rings (SSSR count). The van der Waals surface area contributed by atoms with Gasteiger partial charge in [-0.3, -0.25) is 9.48 Å². The number of aromatic nitrogens is 2. The van der Waals surface area contributed by atoms with E-state index in [9.17, 15) is 9.90 Å². The molecule has 29 heavy (non-hydrogen) atoms. The topological polar surface area (TPSA) is 76.4 Å². The second-order valence-corrected chi connectivity index (χ2v) is 7.35. The molecule has 2 aromatic carbocycles. The Hall–Kier alpha value is -3.28. The Bertz CT molecular complexity index is 994. The second kappa shape index (κ2) is 8.39. The van der Waals surface area contributed by atoms with Crippen molar-refractivity contribution in [2.45, 2.75) is 31.7 Å². The third kappa shape index (κ3) is 4.59. The van der Waals surface area contributed by atoms with Crippen molar-refractivity contribution in [3.63, 3.8) is 0 Å². The van der Waals surface area contributed by atoms with E-state index in [4.69, 9.17) is 4.74 Å². The summed E-state index contributed by atoms with van der Waals surface area (Å²) >= 11 is 0. The van der Waals surface area contributed by atoms with E-state index >= 15 is 0 Å². The number of amides is 1. The van der Waals surface area contributed by atoms with Crippen LogP contribution >= 0.6 is 0 Å². The van der Waals surface area contributed by atoms with Crippen LogP contribution in [0.1, 0.15) is 30.0 Å². The van der Waals surface area contributed by atoms with Gasteiger partial charge >= 0.3 is 0 Å². The molecule has 1 aliphatic carbocycles. The first-order valence-electron chi connectivity index (χ1n) is 9.90. The Labute approximate surface area is 170 Å². The van der Waals surface area contributed by atoms with Crippen LogP contribution in [0.3, 0.4) is 0 Å². The van der Waals surface area contributed by atoms with Gasteiger partial charge in [0.1, 0.15) is 18.0 Å². The summed E-state index contributed by atoms with van der Waals surface area (Å²) in [6, 6.07) is 17.1. The number of carbonyl (C=O) groups excluding carboxylic acids is 1. The van der Waals surface area contributed by atoms with Crippen molar-refractivity contribution in [2.75, 3.05) is 13.7 Å². The molecule has 2 N–H and O–H groups in total. The molecule has 0 atom stereocenters. The normalized spacial score (nSPS) is 13.3. The van der Waals surface area contributed by atoms with Gasteiger partial charge < -0.3 is 15.2 Å². The first-order chi connectivity index (χ1) is 14.1. The van der Waals surface area contributed by atoms with E-state index in [-0.39, 0.29) is 18.2 Å². The Morgan fingerprint density at radius 3 is 2.72 bits per heavy atom. The van der Waals surface area contributed by atoms with Gasteiger partial charge in [0.15, 0.2) is 0 Å². The summed E-state index contributed by atoms with van der Waals surface area (Å²) < 4.78 is 7.03. The van der Waals surface area contributed by atoms with E-state index in [1.165, 1.54) is 5.56 Å². The highest BCUT2D eigenvalue weighted by atomic mass is 16.5. The molecule has 0 bridgehead atoms. The molecule has 1 aliphatic rings. The summed E-state index contributed by atoms with van der Waals surface area (Å²) in [7, 11) is 1.59. The molecule has 1 amide bonds. The Morgan fingerprint density at radius 1 is 1.21 bits per heavy atom. The predicted octanol–water partition coefficient (Wildman–Crippen LogP) is 3.50. The molecule has 150 valence electrons. The van der Waals surface area contributed by atoms with Gasteiger partial charge in [-0.15, -0.1) is 0 Å². The first kappa shape index (κ1) is 19.1. The number of phenols is 1. The Kier molecular flexibility index (Phi) is 5.51. The predicted molar refractivity (Wildman–Crippen MR) is 111 cm³/mol. The molecule has 6 heteroatoms. The standard InChI is InChI=1S/C23H25N3O3/c1-29-18-9-10-22(27)19(13-18)20-14-21(17-7-8-17)26(25-20)15-23(28)24-12-11-16-5-3-2-4-6-16/h2-6,9-10,13-14,17,27H,7-8,11-12,15H2,1H3,(H,24,28). The van der Waals surface area contributed by atoms with Crippen LogP contribution in [-0.4, -0.2) is 34.4 Å². The largest absolute Gasteiger partial charge is 0.507 e. The average molecular weight is 391 g/mol. The molecule has 0 aliphatic heterocycles. The van der Waals surface area contributed by atoms with E-state index in [1.54, 1.807) is 30.0 Å². The van der Waals surface area contributed by atoms with Crippen molar-refractivity contribution < 1.29 is 14.6 Å². The summed E-state index contributed by atoms with van der Waals surface area (Å²) in [4.78, 5) is 12.5. The van der Waals surface area contributed by atoms with Crippen LogP contribution in [0, 0.1) is 0 Å². The van der Waals surface area contributed by atoms with E-state index in [1.807, 2.05) is 24.3 Å². The minimum Gasteiger partial charge on any atom is -0.507 e. The number of nitrogens with one attached hydrogen (secondary N) is 1. The molecule has 0 radical (unpaired) electrons. The maximum atomic E-state index is 12.5. The fraction of sp³-hybridized carbons (Fsp3) is 0.304. The molecule has 1 heterocycles. The quantitative estimate of drug-likeness (QED) is 0.616. The van der Waals surface area contributed by atoms with Gasteiger partial charge in [0.05, 0.1) is 12.8 Å². The number of phenolic OH excluding ortho intramolecular Hbond substituents is 1. The van der Waals surface area contributed by atoms with Crippen LogP contribution < -0.4 is 10.1 Å². The van der Waals surface area contributed by atoms with Crippen LogP contribution in [0.15, 0.2) is 54.6 Å². The summed E-state index contributed by atoms with van der Waals surface area (Å²) in [5.74, 6) is 1.16. The summed E-state index contributed by atoms with van der Waals surface area (Å²) in [6.45, 7) is 0.762. The van der Waals surface area contributed by atoms with Crippen LogP contribution in [-0.2, 0) is 17.8 Å². The highest BCUT2D eigenvalue weighted by molar-refractivity contribution is 5.76. The van der Waals surface area contributed by atoms with Gasteiger partial charge in [0.25, 0.3) is 0 Å². The highest BCUT2D eigenvalue weighted by Gasteiger charge is 2.29. The van der Waals surface area contributed by atoms with Crippen LogP contribution in [0.4, 0.5) is 0 Å². The van der Waals surface area contributed by atoms with Crippen molar-refractivity contribution in [3.05, 3.63) is 65.9 Å². The van der Waals surface area contributed by atoms with Crippen LogP contribution in [0.25, 0.3) is 11.3 Å². The minimum absolute atomic E-state index is 0.0626. The maximum absolute atomic E-state index is 12.5. The van der Waals surface area contributed by atoms with Crippen molar-refractivity contribution in [1.82, 2.24) is 15.1 Å². The van der Waals surface area contributed by atoms with Crippen LogP contribution in [0.5, 0.6) is 11.5 Å². The fourth-order valence-corrected chi connectivity index (χ4v) is 3.43. The molecule has 1 saturated carbocycles. The zero-order chi connectivity index (χ0) is 20.2.